The van der Waals surface area contributed by atoms with E-state index in [1.165, 1.54) is 11.1 Å². The van der Waals surface area contributed by atoms with Crippen molar-refractivity contribution in [2.45, 2.75) is 38.3 Å². The van der Waals surface area contributed by atoms with Gasteiger partial charge in [-0.1, -0.05) is 72.8 Å². The molecule has 0 spiro atoms. The van der Waals surface area contributed by atoms with Crippen LogP contribution in [0.15, 0.2) is 72.8 Å². The van der Waals surface area contributed by atoms with Crippen LogP contribution in [0.4, 0.5) is 4.79 Å². The quantitative estimate of drug-likeness (QED) is 0.270. The second-order valence-electron chi connectivity index (χ2n) is 8.68. The van der Waals surface area contributed by atoms with Crippen molar-refractivity contribution in [1.29, 1.82) is 0 Å². The second kappa shape index (κ2) is 11.5. The summed E-state index contributed by atoms with van der Waals surface area (Å²) in [6.07, 6.45) is 0.561. The highest BCUT2D eigenvalue weighted by Gasteiger charge is 2.27. The summed E-state index contributed by atoms with van der Waals surface area (Å²) in [5.41, 5.74) is 6.55. The highest BCUT2D eigenvalue weighted by atomic mass is 16.5. The van der Waals surface area contributed by atoms with E-state index in [4.69, 9.17) is 9.94 Å². The van der Waals surface area contributed by atoms with Crippen LogP contribution in [0.2, 0.25) is 0 Å². The minimum atomic E-state index is -1.10. The molecule has 3 aromatic carbocycles. The number of imide groups is 1. The van der Waals surface area contributed by atoms with Crippen LogP contribution in [-0.4, -0.2) is 45.3 Å². The fourth-order valence-electron chi connectivity index (χ4n) is 4.30. The fourth-order valence-corrected chi connectivity index (χ4v) is 4.30. The number of rotatable bonds is 6. The molecule has 0 aromatic heterocycles. The van der Waals surface area contributed by atoms with Gasteiger partial charge in [0.25, 0.3) is 11.8 Å². The lowest BCUT2D eigenvalue weighted by molar-refractivity contribution is -0.171. The molecule has 0 radical (unpaired) electrons. The van der Waals surface area contributed by atoms with Crippen molar-refractivity contribution in [1.82, 2.24) is 10.4 Å². The van der Waals surface area contributed by atoms with Gasteiger partial charge in [0.15, 0.2) is 0 Å². The van der Waals surface area contributed by atoms with E-state index in [1.54, 1.807) is 0 Å². The molecule has 3 amide bonds. The van der Waals surface area contributed by atoms with Gasteiger partial charge in [0, 0.05) is 19.3 Å². The first-order valence-corrected chi connectivity index (χ1v) is 11.8. The third-order valence-electron chi connectivity index (χ3n) is 6.20. The van der Waals surface area contributed by atoms with Crippen molar-refractivity contribution >= 4 is 23.9 Å². The highest BCUT2D eigenvalue weighted by molar-refractivity contribution is 6.00. The number of carboxylic acid groups (broad SMARTS) is 1. The predicted molar refractivity (Wildman–Crippen MR) is 132 cm³/mol. The summed E-state index contributed by atoms with van der Waals surface area (Å²) < 4.78 is 5.36. The van der Waals surface area contributed by atoms with E-state index >= 15 is 0 Å². The summed E-state index contributed by atoms with van der Waals surface area (Å²) in [7, 11) is 0. The standard InChI is InChI=1S/C24H21NO4.C4H5NO3/c26-23(27)22(13-16-7-2-1-3-8-16)25-24(28)29-15-18-10-6-12-20-19-11-5-4-9-17(19)14-21(18)20;6-3-1-2-4(7)5(3)8/h1-12,22H,13-15H2,(H,25,28)(H,26,27);8H,1-2H2/t22-;/m0./s1. The molecule has 9 heteroatoms. The van der Waals surface area contributed by atoms with Crippen LogP contribution in [0.3, 0.4) is 0 Å². The van der Waals surface area contributed by atoms with E-state index < -0.39 is 29.9 Å². The van der Waals surface area contributed by atoms with Crippen LogP contribution in [0.25, 0.3) is 11.1 Å². The molecule has 1 aliphatic carbocycles. The van der Waals surface area contributed by atoms with Crippen molar-refractivity contribution in [3.05, 3.63) is 95.1 Å². The molecule has 1 saturated heterocycles. The number of carboxylic acids is 1. The van der Waals surface area contributed by atoms with Crippen molar-refractivity contribution < 1.29 is 34.2 Å². The summed E-state index contributed by atoms with van der Waals surface area (Å²) in [6.45, 7) is 0.0979. The van der Waals surface area contributed by atoms with Crippen LogP contribution < -0.4 is 5.32 Å². The Hall–Kier alpha value is -4.50. The number of hydrogen-bond donors (Lipinski definition) is 3. The van der Waals surface area contributed by atoms with Crippen molar-refractivity contribution in [3.8, 4) is 11.1 Å². The maximum atomic E-state index is 12.2. The molecule has 37 heavy (non-hydrogen) atoms. The van der Waals surface area contributed by atoms with Crippen LogP contribution in [-0.2, 0) is 38.6 Å². The normalized spacial score (nSPS) is 14.2. The number of hydroxylamine groups is 2. The number of ether oxygens (including phenoxy) is 1. The second-order valence-corrected chi connectivity index (χ2v) is 8.68. The molecule has 0 unspecified atom stereocenters. The van der Waals surface area contributed by atoms with Gasteiger partial charge in [-0.3, -0.25) is 14.8 Å². The Kier molecular flexibility index (Phi) is 7.95. The zero-order valence-corrected chi connectivity index (χ0v) is 19.9. The summed E-state index contributed by atoms with van der Waals surface area (Å²) >= 11 is 0. The number of carbonyl (C=O) groups excluding carboxylic acids is 3. The van der Waals surface area contributed by atoms with Crippen molar-refractivity contribution in [2.24, 2.45) is 0 Å². The first kappa shape index (κ1) is 25.6. The maximum absolute atomic E-state index is 12.2. The lowest BCUT2D eigenvalue weighted by atomic mass is 10.0. The number of benzene rings is 3. The average molecular weight is 503 g/mol. The number of amides is 3. The summed E-state index contributed by atoms with van der Waals surface area (Å²) in [6, 6.07) is 22.3. The van der Waals surface area contributed by atoms with Gasteiger partial charge in [0.1, 0.15) is 12.6 Å². The van der Waals surface area contributed by atoms with E-state index in [0.29, 0.717) is 0 Å². The molecule has 0 saturated carbocycles. The lowest BCUT2D eigenvalue weighted by Gasteiger charge is -2.15. The molecule has 190 valence electrons. The Balaban J connectivity index is 0.000000342. The number of alkyl carbamates (subject to hydrolysis) is 1. The Labute approximate surface area is 213 Å². The van der Waals surface area contributed by atoms with Crippen molar-refractivity contribution in [2.75, 3.05) is 0 Å². The largest absolute Gasteiger partial charge is 0.480 e. The van der Waals surface area contributed by atoms with Gasteiger partial charge in [0.2, 0.25) is 0 Å². The van der Waals surface area contributed by atoms with E-state index in [0.717, 1.165) is 28.7 Å². The fraction of sp³-hybridized carbons (Fsp3) is 0.214. The lowest BCUT2D eigenvalue weighted by Crippen LogP contribution is -2.42. The molecule has 1 heterocycles. The van der Waals surface area contributed by atoms with E-state index in [9.17, 15) is 24.3 Å². The zero-order valence-electron chi connectivity index (χ0n) is 19.9. The number of fused-ring (bicyclic) bond motifs is 3. The zero-order chi connectivity index (χ0) is 26.4. The van der Waals surface area contributed by atoms with Gasteiger partial charge < -0.3 is 15.2 Å². The van der Waals surface area contributed by atoms with Crippen LogP contribution in [0, 0.1) is 0 Å². The molecule has 3 N–H and O–H groups in total. The Morgan fingerprint density at radius 2 is 1.54 bits per heavy atom. The number of hydrogen-bond acceptors (Lipinski definition) is 6. The van der Waals surface area contributed by atoms with Gasteiger partial charge in [-0.05, 0) is 39.8 Å². The van der Waals surface area contributed by atoms with Gasteiger partial charge >= 0.3 is 12.1 Å². The summed E-state index contributed by atoms with van der Waals surface area (Å²) in [4.78, 5) is 44.2. The molecule has 0 bridgehead atoms. The van der Waals surface area contributed by atoms with E-state index in [1.807, 2.05) is 54.6 Å². The molecule has 1 fully saturated rings. The molecule has 1 atom stereocenters. The van der Waals surface area contributed by atoms with Gasteiger partial charge in [0.05, 0.1) is 0 Å². The molecular formula is C28H26N2O7. The summed E-state index contributed by atoms with van der Waals surface area (Å²) in [5.74, 6) is -2.10. The third kappa shape index (κ3) is 6.20. The number of carbonyl (C=O) groups is 4. The smallest absolute Gasteiger partial charge is 0.408 e. The maximum Gasteiger partial charge on any atom is 0.408 e. The Bertz CT molecular complexity index is 1310. The molecule has 3 aromatic rings. The molecule has 9 nitrogen and oxygen atoms in total. The average Bonchev–Trinajstić information content (AvgIpc) is 3.43. The molecule has 2 aliphatic rings. The van der Waals surface area contributed by atoms with Gasteiger partial charge in [-0.2, -0.15) is 5.06 Å². The first-order valence-electron chi connectivity index (χ1n) is 11.8. The van der Waals surface area contributed by atoms with E-state index in [-0.39, 0.29) is 30.9 Å². The first-order chi connectivity index (χ1) is 17.8. The molecule has 1 aliphatic heterocycles. The Morgan fingerprint density at radius 3 is 2.19 bits per heavy atom. The number of nitrogens with zero attached hydrogens (tertiary/aromatic N) is 1. The minimum absolute atomic E-state index is 0.0979. The minimum Gasteiger partial charge on any atom is -0.480 e. The molecule has 5 rings (SSSR count). The van der Waals surface area contributed by atoms with Gasteiger partial charge in [-0.25, -0.2) is 9.59 Å². The Morgan fingerprint density at radius 1 is 0.892 bits per heavy atom. The third-order valence-corrected chi connectivity index (χ3v) is 6.20. The highest BCUT2D eigenvalue weighted by Crippen LogP contribution is 2.38. The van der Waals surface area contributed by atoms with Crippen LogP contribution >= 0.6 is 0 Å². The van der Waals surface area contributed by atoms with Crippen molar-refractivity contribution in [3.63, 3.8) is 0 Å². The van der Waals surface area contributed by atoms with Crippen LogP contribution in [0.5, 0.6) is 0 Å². The molecular weight excluding hydrogens is 476 g/mol. The van der Waals surface area contributed by atoms with Gasteiger partial charge in [-0.15, -0.1) is 0 Å². The summed E-state index contributed by atoms with van der Waals surface area (Å²) in [5, 5.41) is 20.5. The topological polar surface area (TPSA) is 133 Å². The predicted octanol–water partition coefficient (Wildman–Crippen LogP) is 3.70. The number of nitrogens with one attached hydrogen (secondary N) is 1. The van der Waals surface area contributed by atoms with E-state index in [2.05, 4.69) is 23.5 Å². The SMILES string of the molecule is O=C(N[C@@H](Cc1ccccc1)C(=O)O)OCc1cccc2c1Cc1ccccc1-2.O=C1CCC(=O)N1O. The number of aliphatic carboxylic acids is 1. The monoisotopic (exact) mass is 502 g/mol. The van der Waals surface area contributed by atoms with Crippen LogP contribution in [0.1, 0.15) is 35.1 Å².